The van der Waals surface area contributed by atoms with Gasteiger partial charge in [-0.3, -0.25) is 10.2 Å². The number of rotatable bonds is 6. The molecule has 9 heteroatoms. The Balaban J connectivity index is 1.49. The minimum Gasteiger partial charge on any atom is -0.472 e. The molecule has 2 atom stereocenters. The Hall–Kier alpha value is -3.17. The maximum atomic E-state index is 12.4. The number of fused-ring (bicyclic) bond motifs is 1. The monoisotopic (exact) mass is 410 g/mol. The second kappa shape index (κ2) is 8.68. The fraction of sp³-hybridized carbons (Fsp3) is 0.381. The van der Waals surface area contributed by atoms with Crippen molar-refractivity contribution in [3.05, 3.63) is 48.2 Å². The number of pyridine rings is 1. The van der Waals surface area contributed by atoms with E-state index in [2.05, 4.69) is 21.2 Å². The number of hydrazine groups is 1. The number of ether oxygens (including phenoxy) is 1. The number of aromatic nitrogens is 1. The van der Waals surface area contributed by atoms with Crippen molar-refractivity contribution in [1.82, 2.24) is 31.0 Å². The molecule has 2 fully saturated rings. The molecule has 1 aromatic heterocycles. The number of likely N-dealkylation sites (tertiary alicyclic amines) is 1. The first-order valence-corrected chi connectivity index (χ1v) is 9.98. The molecule has 2 saturated heterocycles. The van der Waals surface area contributed by atoms with Crippen LogP contribution < -0.4 is 20.9 Å². The first-order chi connectivity index (χ1) is 14.5. The number of benzene rings is 1. The molecule has 0 bridgehead atoms. The molecule has 9 nitrogen and oxygen atoms in total. The van der Waals surface area contributed by atoms with Crippen LogP contribution in [0.5, 0.6) is 5.88 Å². The van der Waals surface area contributed by atoms with Crippen molar-refractivity contribution in [3.63, 3.8) is 0 Å². The molecule has 0 radical (unpaired) electrons. The SMILES string of the molecule is CN(C)C/C=C/C(=O)N1CC[C@H](Oc2nc(C3NNC(=O)N3)cc3ccccc23)C1. The van der Waals surface area contributed by atoms with Crippen LogP contribution in [-0.2, 0) is 4.79 Å². The van der Waals surface area contributed by atoms with Gasteiger partial charge in [-0.1, -0.05) is 24.3 Å². The van der Waals surface area contributed by atoms with Gasteiger partial charge in [-0.15, -0.1) is 0 Å². The van der Waals surface area contributed by atoms with Crippen LogP contribution in [0.3, 0.4) is 0 Å². The van der Waals surface area contributed by atoms with Gasteiger partial charge in [-0.05, 0) is 31.6 Å². The summed E-state index contributed by atoms with van der Waals surface area (Å²) < 4.78 is 6.24. The van der Waals surface area contributed by atoms with Crippen LogP contribution >= 0.6 is 0 Å². The molecule has 0 saturated carbocycles. The van der Waals surface area contributed by atoms with Crippen molar-refractivity contribution in [2.24, 2.45) is 0 Å². The molecule has 3 N–H and O–H groups in total. The average Bonchev–Trinajstić information content (AvgIpc) is 3.37. The highest BCUT2D eigenvalue weighted by molar-refractivity contribution is 5.88. The predicted molar refractivity (Wildman–Crippen MR) is 113 cm³/mol. The van der Waals surface area contributed by atoms with Gasteiger partial charge in [0.1, 0.15) is 12.3 Å². The topological polar surface area (TPSA) is 98.8 Å². The lowest BCUT2D eigenvalue weighted by atomic mass is 10.1. The zero-order valence-corrected chi connectivity index (χ0v) is 17.1. The normalized spacial score (nSPS) is 21.4. The van der Waals surface area contributed by atoms with E-state index in [-0.39, 0.29) is 18.0 Å². The number of nitrogens with zero attached hydrogens (tertiary/aromatic N) is 3. The van der Waals surface area contributed by atoms with Crippen LogP contribution in [0.4, 0.5) is 4.79 Å². The smallest absolute Gasteiger partial charge is 0.330 e. The molecule has 2 aliphatic rings. The summed E-state index contributed by atoms with van der Waals surface area (Å²) in [5, 5.41) is 4.63. The third kappa shape index (κ3) is 4.52. The minimum absolute atomic E-state index is 0.00143. The van der Waals surface area contributed by atoms with Crippen LogP contribution in [0.15, 0.2) is 42.5 Å². The Morgan fingerprint density at radius 2 is 2.20 bits per heavy atom. The molecule has 158 valence electrons. The summed E-state index contributed by atoms with van der Waals surface area (Å²) in [6.45, 7) is 1.89. The van der Waals surface area contributed by atoms with Gasteiger partial charge >= 0.3 is 6.03 Å². The Morgan fingerprint density at radius 3 is 2.97 bits per heavy atom. The van der Waals surface area contributed by atoms with Crippen molar-refractivity contribution < 1.29 is 14.3 Å². The first-order valence-electron chi connectivity index (χ1n) is 9.98. The lowest BCUT2D eigenvalue weighted by Crippen LogP contribution is -2.30. The Morgan fingerprint density at radius 1 is 1.37 bits per heavy atom. The molecule has 4 rings (SSSR count). The number of carbonyl (C=O) groups is 2. The molecule has 1 aromatic carbocycles. The minimum atomic E-state index is -0.437. The lowest BCUT2D eigenvalue weighted by molar-refractivity contribution is -0.125. The molecular formula is C21H26N6O3. The van der Waals surface area contributed by atoms with Gasteiger partial charge in [0.2, 0.25) is 11.8 Å². The van der Waals surface area contributed by atoms with Crippen molar-refractivity contribution in [2.75, 3.05) is 33.7 Å². The van der Waals surface area contributed by atoms with Crippen LogP contribution in [0.2, 0.25) is 0 Å². The number of nitrogens with one attached hydrogen (secondary N) is 3. The van der Waals surface area contributed by atoms with Crippen LogP contribution in [0, 0.1) is 0 Å². The summed E-state index contributed by atoms with van der Waals surface area (Å²) in [5.41, 5.74) is 6.03. The molecular weight excluding hydrogens is 384 g/mol. The van der Waals surface area contributed by atoms with Gasteiger partial charge in [-0.25, -0.2) is 15.2 Å². The van der Waals surface area contributed by atoms with E-state index in [1.54, 1.807) is 11.0 Å². The molecule has 3 amide bonds. The second-order valence-electron chi connectivity index (χ2n) is 7.73. The Kier molecular flexibility index (Phi) is 5.82. The molecule has 2 aliphatic heterocycles. The van der Waals surface area contributed by atoms with E-state index in [1.807, 2.05) is 55.4 Å². The van der Waals surface area contributed by atoms with Gasteiger partial charge in [0.05, 0.1) is 12.2 Å². The number of urea groups is 1. The van der Waals surface area contributed by atoms with Gasteiger partial charge in [0.25, 0.3) is 0 Å². The highest BCUT2D eigenvalue weighted by Gasteiger charge is 2.28. The molecule has 1 unspecified atom stereocenters. The van der Waals surface area contributed by atoms with Gasteiger partial charge in [-0.2, -0.15) is 0 Å². The molecule has 3 heterocycles. The number of amides is 3. The molecule has 0 aliphatic carbocycles. The van der Waals surface area contributed by atoms with Crippen LogP contribution in [0.1, 0.15) is 18.3 Å². The highest BCUT2D eigenvalue weighted by Crippen LogP contribution is 2.29. The van der Waals surface area contributed by atoms with Gasteiger partial charge in [0.15, 0.2) is 0 Å². The maximum absolute atomic E-state index is 12.4. The summed E-state index contributed by atoms with van der Waals surface area (Å²) >= 11 is 0. The molecule has 30 heavy (non-hydrogen) atoms. The molecule has 2 aromatic rings. The lowest BCUT2D eigenvalue weighted by Gasteiger charge is -2.18. The van der Waals surface area contributed by atoms with E-state index in [4.69, 9.17) is 4.74 Å². The van der Waals surface area contributed by atoms with Crippen LogP contribution in [-0.4, -0.2) is 66.6 Å². The van der Waals surface area contributed by atoms with Crippen molar-refractivity contribution in [3.8, 4) is 5.88 Å². The standard InChI is InChI=1S/C21H26N6O3/c1-26(2)10-5-8-18(28)27-11-9-15(13-27)30-20-16-7-4-3-6-14(16)12-17(22-20)19-23-21(29)25-24-19/h3-8,12,15,19,24H,9-11,13H2,1-2H3,(H2,23,25,29)/b8-5+/t15-,19?/m0/s1. The predicted octanol–water partition coefficient (Wildman–Crippen LogP) is 1.15. The summed E-state index contributed by atoms with van der Waals surface area (Å²) in [4.78, 5) is 32.3. The summed E-state index contributed by atoms with van der Waals surface area (Å²) in [6.07, 6.45) is 3.66. The molecule has 0 spiro atoms. The zero-order chi connectivity index (χ0) is 21.1. The Labute approximate surface area is 175 Å². The van der Waals surface area contributed by atoms with E-state index in [0.29, 0.717) is 24.7 Å². The quantitative estimate of drug-likeness (QED) is 0.618. The van der Waals surface area contributed by atoms with Crippen molar-refractivity contribution in [1.29, 1.82) is 0 Å². The van der Waals surface area contributed by atoms with E-state index < -0.39 is 6.17 Å². The van der Waals surface area contributed by atoms with E-state index in [0.717, 1.165) is 23.7 Å². The third-order valence-electron chi connectivity index (χ3n) is 5.09. The maximum Gasteiger partial charge on any atom is 0.330 e. The Bertz CT molecular complexity index is 976. The average molecular weight is 410 g/mol. The van der Waals surface area contributed by atoms with Crippen LogP contribution in [0.25, 0.3) is 10.8 Å². The number of carbonyl (C=O) groups excluding carboxylic acids is 2. The second-order valence-corrected chi connectivity index (χ2v) is 7.73. The number of likely N-dealkylation sites (N-methyl/N-ethyl adjacent to an activating group) is 1. The number of hydrogen-bond donors (Lipinski definition) is 3. The van der Waals surface area contributed by atoms with Gasteiger partial charge < -0.3 is 19.9 Å². The summed E-state index contributed by atoms with van der Waals surface area (Å²) in [6, 6.07) is 9.45. The largest absolute Gasteiger partial charge is 0.472 e. The fourth-order valence-electron chi connectivity index (χ4n) is 3.57. The van der Waals surface area contributed by atoms with Crippen molar-refractivity contribution in [2.45, 2.75) is 18.7 Å². The van der Waals surface area contributed by atoms with E-state index >= 15 is 0 Å². The van der Waals surface area contributed by atoms with Crippen molar-refractivity contribution >= 4 is 22.7 Å². The van der Waals surface area contributed by atoms with Gasteiger partial charge in [0, 0.05) is 31.0 Å². The van der Waals surface area contributed by atoms with E-state index in [1.165, 1.54) is 0 Å². The number of hydrogen-bond acceptors (Lipinski definition) is 6. The summed E-state index contributed by atoms with van der Waals surface area (Å²) in [5.74, 6) is 0.506. The first kappa shape index (κ1) is 20.1. The summed E-state index contributed by atoms with van der Waals surface area (Å²) in [7, 11) is 3.92. The zero-order valence-electron chi connectivity index (χ0n) is 17.1. The third-order valence-corrected chi connectivity index (χ3v) is 5.09. The van der Waals surface area contributed by atoms with E-state index in [9.17, 15) is 9.59 Å². The fourth-order valence-corrected chi connectivity index (χ4v) is 3.57. The highest BCUT2D eigenvalue weighted by atomic mass is 16.5.